The normalized spacial score (nSPS) is 12.6. The van der Waals surface area contributed by atoms with Crippen LogP contribution in [0.5, 0.6) is 5.75 Å². The summed E-state index contributed by atoms with van der Waals surface area (Å²) in [6.45, 7) is 12.0. The summed E-state index contributed by atoms with van der Waals surface area (Å²) in [6, 6.07) is 3.01. The molecule has 1 rings (SSSR count). The van der Waals surface area contributed by atoms with Crippen LogP contribution in [0.15, 0.2) is 12.1 Å². The fraction of sp³-hybridized carbons (Fsp3) is 0.533. The Morgan fingerprint density at radius 3 is 1.83 bits per heavy atom. The highest BCUT2D eigenvalue weighted by Gasteiger charge is 2.30. The average Bonchev–Trinajstić information content (AvgIpc) is 2.12. The monoisotopic (exact) mass is 250 g/mol. The maximum Gasteiger partial charge on any atom is 0.336 e. The van der Waals surface area contributed by atoms with Crippen LogP contribution in [0.25, 0.3) is 0 Å². The first kappa shape index (κ1) is 14.6. The van der Waals surface area contributed by atoms with E-state index in [9.17, 15) is 15.0 Å². The lowest BCUT2D eigenvalue weighted by Gasteiger charge is -2.31. The van der Waals surface area contributed by atoms with E-state index in [0.717, 1.165) is 11.1 Å². The first-order valence-corrected chi connectivity index (χ1v) is 6.06. The summed E-state index contributed by atoms with van der Waals surface area (Å²) in [6.07, 6.45) is 0. The van der Waals surface area contributed by atoms with Crippen LogP contribution in [0.2, 0.25) is 0 Å². The number of rotatable bonds is 1. The van der Waals surface area contributed by atoms with Gasteiger partial charge in [-0.3, -0.25) is 0 Å². The van der Waals surface area contributed by atoms with Gasteiger partial charge in [-0.2, -0.15) is 0 Å². The molecule has 1 aromatic rings. The summed E-state index contributed by atoms with van der Waals surface area (Å²) in [5.74, 6) is -0.994. The van der Waals surface area contributed by atoms with Crippen LogP contribution in [-0.2, 0) is 10.8 Å². The second-order valence-electron chi connectivity index (χ2n) is 6.72. The molecule has 0 aliphatic rings. The summed E-state index contributed by atoms with van der Waals surface area (Å²) >= 11 is 0. The predicted molar refractivity (Wildman–Crippen MR) is 72.5 cm³/mol. The Balaban J connectivity index is 3.76. The minimum Gasteiger partial charge on any atom is -0.508 e. The van der Waals surface area contributed by atoms with Crippen LogP contribution in [0.4, 0.5) is 0 Å². The van der Waals surface area contributed by atoms with Crippen molar-refractivity contribution in [3.63, 3.8) is 0 Å². The second-order valence-corrected chi connectivity index (χ2v) is 6.72. The van der Waals surface area contributed by atoms with Crippen molar-refractivity contribution in [1.29, 1.82) is 0 Å². The topological polar surface area (TPSA) is 57.5 Å². The van der Waals surface area contributed by atoms with Crippen LogP contribution in [0, 0.1) is 0 Å². The molecule has 0 bridgehead atoms. The van der Waals surface area contributed by atoms with E-state index in [4.69, 9.17) is 0 Å². The van der Waals surface area contributed by atoms with E-state index in [0.29, 0.717) is 0 Å². The molecule has 0 aliphatic carbocycles. The van der Waals surface area contributed by atoms with Gasteiger partial charge in [0.2, 0.25) is 0 Å². The standard InChI is InChI=1S/C15H22O3/c1-14(2,3)11-8-9(16)7-10(13(17)18)12(11)15(4,5)6/h7-8,16H,1-6H3,(H,17,18). The van der Waals surface area contributed by atoms with E-state index >= 15 is 0 Å². The van der Waals surface area contributed by atoms with Crippen LogP contribution in [0.1, 0.15) is 63.0 Å². The van der Waals surface area contributed by atoms with Gasteiger partial charge >= 0.3 is 5.97 Å². The number of hydrogen-bond acceptors (Lipinski definition) is 2. The number of phenols is 1. The molecule has 0 aromatic heterocycles. The largest absolute Gasteiger partial charge is 0.508 e. The molecule has 18 heavy (non-hydrogen) atoms. The number of benzene rings is 1. The third-order valence-electron chi connectivity index (χ3n) is 2.91. The Morgan fingerprint density at radius 2 is 1.50 bits per heavy atom. The van der Waals surface area contributed by atoms with E-state index in [-0.39, 0.29) is 22.1 Å². The average molecular weight is 250 g/mol. The van der Waals surface area contributed by atoms with Crippen molar-refractivity contribution in [3.05, 3.63) is 28.8 Å². The van der Waals surface area contributed by atoms with Gasteiger partial charge in [-0.25, -0.2) is 4.79 Å². The molecular formula is C15H22O3. The molecule has 0 amide bonds. The highest BCUT2D eigenvalue weighted by Crippen LogP contribution is 2.38. The molecular weight excluding hydrogens is 228 g/mol. The number of carbonyl (C=O) groups is 1. The van der Waals surface area contributed by atoms with E-state index in [2.05, 4.69) is 0 Å². The van der Waals surface area contributed by atoms with Gasteiger partial charge < -0.3 is 10.2 Å². The van der Waals surface area contributed by atoms with Crippen LogP contribution in [0.3, 0.4) is 0 Å². The number of carboxylic acid groups (broad SMARTS) is 1. The van der Waals surface area contributed by atoms with Crippen LogP contribution < -0.4 is 0 Å². The molecule has 0 spiro atoms. The van der Waals surface area contributed by atoms with E-state index in [1.807, 2.05) is 41.5 Å². The number of aromatic carboxylic acids is 1. The maximum atomic E-state index is 11.4. The van der Waals surface area contributed by atoms with Gasteiger partial charge in [-0.1, -0.05) is 41.5 Å². The molecule has 0 aliphatic heterocycles. The quantitative estimate of drug-likeness (QED) is 0.799. The fourth-order valence-electron chi connectivity index (χ4n) is 2.20. The van der Waals surface area contributed by atoms with Crippen LogP contribution >= 0.6 is 0 Å². The highest BCUT2D eigenvalue weighted by atomic mass is 16.4. The molecule has 0 saturated carbocycles. The SMILES string of the molecule is CC(C)(C)c1cc(O)cc(C(=O)O)c1C(C)(C)C. The zero-order valence-corrected chi connectivity index (χ0v) is 12.0. The lowest BCUT2D eigenvalue weighted by molar-refractivity contribution is 0.0693. The molecule has 0 fully saturated rings. The van der Waals surface area contributed by atoms with Crippen molar-refractivity contribution >= 4 is 5.97 Å². The van der Waals surface area contributed by atoms with E-state index in [1.165, 1.54) is 6.07 Å². The molecule has 3 nitrogen and oxygen atoms in total. The first-order chi connectivity index (χ1) is 7.94. The van der Waals surface area contributed by atoms with E-state index in [1.54, 1.807) is 6.07 Å². The molecule has 0 saturated heterocycles. The summed E-state index contributed by atoms with van der Waals surface area (Å²) in [4.78, 5) is 11.4. The third kappa shape index (κ3) is 2.84. The Hall–Kier alpha value is -1.51. The fourth-order valence-corrected chi connectivity index (χ4v) is 2.20. The Bertz CT molecular complexity index is 474. The first-order valence-electron chi connectivity index (χ1n) is 6.06. The van der Waals surface area contributed by atoms with Gasteiger partial charge in [0, 0.05) is 0 Å². The van der Waals surface area contributed by atoms with Gasteiger partial charge in [-0.15, -0.1) is 0 Å². The van der Waals surface area contributed by atoms with Crippen molar-refractivity contribution in [1.82, 2.24) is 0 Å². The van der Waals surface area contributed by atoms with Crippen molar-refractivity contribution in [2.45, 2.75) is 52.4 Å². The summed E-state index contributed by atoms with van der Waals surface area (Å²) in [5.41, 5.74) is 1.36. The molecule has 0 radical (unpaired) electrons. The van der Waals surface area contributed by atoms with Crippen molar-refractivity contribution in [2.75, 3.05) is 0 Å². The van der Waals surface area contributed by atoms with Crippen LogP contribution in [-0.4, -0.2) is 16.2 Å². The minimum atomic E-state index is -0.999. The van der Waals surface area contributed by atoms with Gasteiger partial charge in [0.25, 0.3) is 0 Å². The Labute approximate surface area is 108 Å². The molecule has 100 valence electrons. The zero-order chi connectivity index (χ0) is 14.3. The predicted octanol–water partition coefficient (Wildman–Crippen LogP) is 3.69. The van der Waals surface area contributed by atoms with Gasteiger partial charge in [0.1, 0.15) is 5.75 Å². The molecule has 3 heteroatoms. The van der Waals surface area contributed by atoms with Gasteiger partial charge in [0.05, 0.1) is 5.56 Å². The number of aromatic hydroxyl groups is 1. The molecule has 0 unspecified atom stereocenters. The second kappa shape index (κ2) is 4.30. The lowest BCUT2D eigenvalue weighted by Crippen LogP contribution is -2.25. The number of carboxylic acids is 1. The summed E-state index contributed by atoms with van der Waals surface area (Å²) in [5, 5.41) is 19.1. The molecule has 1 aromatic carbocycles. The zero-order valence-electron chi connectivity index (χ0n) is 12.0. The minimum absolute atomic E-state index is 0.00493. The highest BCUT2D eigenvalue weighted by molar-refractivity contribution is 5.91. The third-order valence-corrected chi connectivity index (χ3v) is 2.91. The summed E-state index contributed by atoms with van der Waals surface area (Å²) < 4.78 is 0. The molecule has 0 atom stereocenters. The summed E-state index contributed by atoms with van der Waals surface area (Å²) in [7, 11) is 0. The van der Waals surface area contributed by atoms with Crippen molar-refractivity contribution in [3.8, 4) is 5.75 Å². The maximum absolute atomic E-state index is 11.4. The number of phenolic OH excluding ortho intramolecular Hbond substituents is 1. The Kier molecular flexibility index (Phi) is 3.48. The van der Waals surface area contributed by atoms with Gasteiger partial charge in [-0.05, 0) is 34.1 Å². The smallest absolute Gasteiger partial charge is 0.336 e. The van der Waals surface area contributed by atoms with Crippen molar-refractivity contribution in [2.24, 2.45) is 0 Å². The van der Waals surface area contributed by atoms with E-state index < -0.39 is 5.97 Å². The Morgan fingerprint density at radius 1 is 1.00 bits per heavy atom. The van der Waals surface area contributed by atoms with Crippen molar-refractivity contribution < 1.29 is 15.0 Å². The lowest BCUT2D eigenvalue weighted by atomic mass is 9.73. The molecule has 2 N–H and O–H groups in total. The molecule has 0 heterocycles. The number of hydrogen-bond donors (Lipinski definition) is 2. The van der Waals surface area contributed by atoms with Gasteiger partial charge in [0.15, 0.2) is 0 Å².